The van der Waals surface area contributed by atoms with Gasteiger partial charge in [-0.3, -0.25) is 9.78 Å². The lowest BCUT2D eigenvalue weighted by atomic mass is 9.47. The van der Waals surface area contributed by atoms with E-state index in [1.807, 2.05) is 49.4 Å². The monoisotopic (exact) mass is 506 g/mol. The van der Waals surface area contributed by atoms with Gasteiger partial charge in [-0.15, -0.1) is 11.3 Å². The van der Waals surface area contributed by atoms with Gasteiger partial charge < -0.3 is 20.8 Å². The zero-order chi connectivity index (χ0) is 25.3. The average Bonchev–Trinajstić information content (AvgIpc) is 3.29. The second kappa shape index (κ2) is 9.92. The first-order chi connectivity index (χ1) is 17.3. The second-order valence-electron chi connectivity index (χ2n) is 10.7. The molecule has 3 aromatic rings. The number of aliphatic hydroxyl groups is 2. The molecule has 7 nitrogen and oxygen atoms in total. The van der Waals surface area contributed by atoms with E-state index in [0.29, 0.717) is 19.4 Å². The molecule has 5 rings (SSSR count). The fourth-order valence-corrected chi connectivity index (χ4v) is 7.40. The predicted molar refractivity (Wildman–Crippen MR) is 141 cm³/mol. The van der Waals surface area contributed by atoms with Crippen LogP contribution in [-0.4, -0.2) is 38.8 Å². The number of nitrogens with zero attached hydrogens (tertiary/aromatic N) is 2. The third-order valence-electron chi connectivity index (χ3n) is 8.53. The van der Waals surface area contributed by atoms with E-state index in [-0.39, 0.29) is 29.8 Å². The predicted octanol–water partition coefficient (Wildman–Crippen LogP) is 4.40. The molecule has 1 amide bonds. The summed E-state index contributed by atoms with van der Waals surface area (Å²) in [5, 5.41) is 28.6. The number of fused-ring (bicyclic) bond motifs is 2. The van der Waals surface area contributed by atoms with Crippen molar-refractivity contribution in [1.29, 1.82) is 0 Å². The molecule has 1 saturated carbocycles. The minimum atomic E-state index is -0.635. The molecule has 0 radical (unpaired) electrons. The van der Waals surface area contributed by atoms with Gasteiger partial charge in [0.1, 0.15) is 0 Å². The van der Waals surface area contributed by atoms with Crippen molar-refractivity contribution in [3.8, 4) is 0 Å². The number of anilines is 2. The number of aliphatic hydroxyl groups excluding tert-OH is 2. The van der Waals surface area contributed by atoms with Gasteiger partial charge >= 0.3 is 0 Å². The summed E-state index contributed by atoms with van der Waals surface area (Å²) in [6.45, 7) is 4.61. The topological polar surface area (TPSA) is 107 Å². The first kappa shape index (κ1) is 24.9. The normalized spacial score (nSPS) is 29.2. The largest absolute Gasteiger partial charge is 0.396 e. The molecule has 2 aliphatic rings. The Balaban J connectivity index is 1.46. The van der Waals surface area contributed by atoms with Crippen molar-refractivity contribution in [3.05, 3.63) is 71.0 Å². The average molecular weight is 507 g/mol. The van der Waals surface area contributed by atoms with E-state index < -0.39 is 11.5 Å². The highest BCUT2D eigenvalue weighted by Crippen LogP contribution is 2.62. The molecule has 2 aromatic heterocycles. The summed E-state index contributed by atoms with van der Waals surface area (Å²) < 4.78 is 0. The van der Waals surface area contributed by atoms with Crippen LogP contribution in [0.2, 0.25) is 0 Å². The van der Waals surface area contributed by atoms with Crippen LogP contribution < -0.4 is 10.6 Å². The van der Waals surface area contributed by atoms with Crippen molar-refractivity contribution < 1.29 is 15.0 Å². The lowest BCUT2D eigenvalue weighted by Gasteiger charge is -2.58. The van der Waals surface area contributed by atoms with Crippen LogP contribution in [0.25, 0.3) is 0 Å². The summed E-state index contributed by atoms with van der Waals surface area (Å²) in [5.41, 5.74) is 1.99. The minimum Gasteiger partial charge on any atom is -0.396 e. The first-order valence-electron chi connectivity index (χ1n) is 12.6. The number of rotatable bonds is 7. The van der Waals surface area contributed by atoms with E-state index in [1.54, 1.807) is 23.7 Å². The zero-order valence-electron chi connectivity index (χ0n) is 20.8. The van der Waals surface area contributed by atoms with Crippen LogP contribution >= 0.6 is 11.3 Å². The van der Waals surface area contributed by atoms with Gasteiger partial charge in [-0.25, -0.2) is 4.98 Å². The molecule has 36 heavy (non-hydrogen) atoms. The number of nitrogens with one attached hydrogen (secondary N) is 2. The molecule has 4 N–H and O–H groups in total. The van der Waals surface area contributed by atoms with E-state index in [2.05, 4.69) is 22.5 Å². The Morgan fingerprint density at radius 1 is 1.19 bits per heavy atom. The highest BCUT2D eigenvalue weighted by atomic mass is 32.1. The molecule has 2 aliphatic carbocycles. The molecule has 0 aliphatic heterocycles. The van der Waals surface area contributed by atoms with E-state index in [0.717, 1.165) is 39.8 Å². The smallest absolute Gasteiger partial charge is 0.220 e. The van der Waals surface area contributed by atoms with E-state index in [1.165, 1.54) is 0 Å². The summed E-state index contributed by atoms with van der Waals surface area (Å²) in [5.74, 6) is -0.0887. The summed E-state index contributed by atoms with van der Waals surface area (Å²) in [7, 11) is 0. The van der Waals surface area contributed by atoms with Crippen LogP contribution in [0.4, 0.5) is 10.8 Å². The van der Waals surface area contributed by atoms with Gasteiger partial charge in [-0.2, -0.15) is 0 Å². The highest BCUT2D eigenvalue weighted by molar-refractivity contribution is 7.15. The van der Waals surface area contributed by atoms with Crippen LogP contribution in [0.1, 0.15) is 55.2 Å². The van der Waals surface area contributed by atoms with Crippen LogP contribution in [0, 0.1) is 16.7 Å². The van der Waals surface area contributed by atoms with Gasteiger partial charge in [0.15, 0.2) is 5.13 Å². The number of pyridine rings is 1. The van der Waals surface area contributed by atoms with Crippen molar-refractivity contribution in [2.75, 3.05) is 11.9 Å². The number of benzene rings is 1. The molecule has 0 bridgehead atoms. The SMILES string of the molecule is CC1(CO)C(O)CCC2(C)C(CC(=O)NCc3ccccc3)c3nc(Nc4cccnc4)sc3CC12. The van der Waals surface area contributed by atoms with Crippen LogP contribution in [-0.2, 0) is 17.8 Å². The Hall–Kier alpha value is -2.81. The van der Waals surface area contributed by atoms with Crippen molar-refractivity contribution >= 4 is 28.1 Å². The van der Waals surface area contributed by atoms with Gasteiger partial charge in [-0.05, 0) is 48.3 Å². The van der Waals surface area contributed by atoms with E-state index >= 15 is 0 Å². The standard InChI is InChI=1S/C28H34N4O3S/c1-27-11-10-23(34)28(2,17-33)22(27)14-21-25(32-26(36-21)31-19-9-6-12-29-16-19)20(27)13-24(35)30-15-18-7-4-3-5-8-18/h3-9,12,16,20,22-23,33-34H,10-11,13-15,17H2,1-2H3,(H,30,35)(H,31,32). The maximum Gasteiger partial charge on any atom is 0.220 e. The van der Waals surface area contributed by atoms with Gasteiger partial charge in [0.25, 0.3) is 0 Å². The quantitative estimate of drug-likeness (QED) is 0.378. The van der Waals surface area contributed by atoms with Crippen LogP contribution in [0.15, 0.2) is 54.9 Å². The molecule has 0 saturated heterocycles. The molecule has 190 valence electrons. The minimum absolute atomic E-state index is 0.0109. The molecule has 1 fully saturated rings. The van der Waals surface area contributed by atoms with Crippen LogP contribution in [0.3, 0.4) is 0 Å². The molecule has 2 heterocycles. The third-order valence-corrected chi connectivity index (χ3v) is 9.54. The van der Waals surface area contributed by atoms with Crippen molar-refractivity contribution in [2.24, 2.45) is 16.7 Å². The number of hydrogen-bond donors (Lipinski definition) is 4. The summed E-state index contributed by atoms with van der Waals surface area (Å²) >= 11 is 1.59. The Bertz CT molecular complexity index is 1200. The first-order valence-corrected chi connectivity index (χ1v) is 13.4. The van der Waals surface area contributed by atoms with Crippen molar-refractivity contribution in [1.82, 2.24) is 15.3 Å². The second-order valence-corrected chi connectivity index (χ2v) is 11.8. The molecule has 5 unspecified atom stereocenters. The van der Waals surface area contributed by atoms with Crippen molar-refractivity contribution in [2.45, 2.75) is 58.1 Å². The van der Waals surface area contributed by atoms with E-state index in [9.17, 15) is 15.0 Å². The molecular formula is C28H34N4O3S. The number of thiazole rings is 1. The van der Waals surface area contributed by atoms with Gasteiger partial charge in [0.05, 0.1) is 30.3 Å². The van der Waals surface area contributed by atoms with Gasteiger partial charge in [-0.1, -0.05) is 44.2 Å². The third kappa shape index (κ3) is 4.53. The Morgan fingerprint density at radius 2 is 2.00 bits per heavy atom. The maximum atomic E-state index is 13.2. The number of amides is 1. The van der Waals surface area contributed by atoms with Gasteiger partial charge in [0, 0.05) is 35.4 Å². The summed E-state index contributed by atoms with van der Waals surface area (Å²) in [4.78, 5) is 23.5. The maximum absolute atomic E-state index is 13.2. The lowest BCUT2D eigenvalue weighted by molar-refractivity contribution is -0.144. The Labute approximate surface area is 216 Å². The summed E-state index contributed by atoms with van der Waals surface area (Å²) in [6.07, 6.45) is 5.36. The lowest BCUT2D eigenvalue weighted by Crippen LogP contribution is -2.57. The number of carbonyl (C=O) groups is 1. The highest BCUT2D eigenvalue weighted by Gasteiger charge is 2.59. The number of hydrogen-bond acceptors (Lipinski definition) is 7. The fraction of sp³-hybridized carbons (Fsp3) is 0.464. The molecule has 1 aromatic carbocycles. The fourth-order valence-electron chi connectivity index (χ4n) is 6.31. The molecule has 8 heteroatoms. The number of aromatic nitrogens is 2. The van der Waals surface area contributed by atoms with E-state index in [4.69, 9.17) is 4.98 Å². The summed E-state index contributed by atoms with van der Waals surface area (Å²) in [6, 6.07) is 13.7. The molecule has 0 spiro atoms. The van der Waals surface area contributed by atoms with Gasteiger partial charge in [0.2, 0.25) is 5.91 Å². The number of carbonyl (C=O) groups excluding carboxylic acids is 1. The van der Waals surface area contributed by atoms with Crippen molar-refractivity contribution in [3.63, 3.8) is 0 Å². The zero-order valence-corrected chi connectivity index (χ0v) is 21.6. The Morgan fingerprint density at radius 3 is 2.72 bits per heavy atom. The molecular weight excluding hydrogens is 472 g/mol. The van der Waals surface area contributed by atoms with Crippen LogP contribution in [0.5, 0.6) is 0 Å². The molecule has 5 atom stereocenters. The Kier molecular flexibility index (Phi) is 6.85.